The molecule has 0 bridgehead atoms. The highest BCUT2D eigenvalue weighted by molar-refractivity contribution is 9.10. The van der Waals surface area contributed by atoms with Crippen molar-refractivity contribution < 1.29 is 4.74 Å². The number of ether oxygens (including phenoxy) is 1. The topological polar surface area (TPSA) is 71.9 Å². The largest absolute Gasteiger partial charge is 0.489 e. The second-order valence-corrected chi connectivity index (χ2v) is 5.74. The summed E-state index contributed by atoms with van der Waals surface area (Å²) >= 11 is 3.52. The fourth-order valence-corrected chi connectivity index (χ4v) is 2.34. The number of benzene rings is 1. The number of aromatic nitrogens is 1. The van der Waals surface area contributed by atoms with E-state index < -0.39 is 0 Å². The van der Waals surface area contributed by atoms with Crippen LogP contribution in [0.5, 0.6) is 5.75 Å². The van der Waals surface area contributed by atoms with E-state index in [2.05, 4.69) is 20.9 Å². The van der Waals surface area contributed by atoms with Crippen LogP contribution in [0, 0.1) is 11.3 Å². The van der Waals surface area contributed by atoms with E-state index in [0.29, 0.717) is 12.3 Å². The van der Waals surface area contributed by atoms with Gasteiger partial charge in [-0.1, -0.05) is 15.9 Å². The van der Waals surface area contributed by atoms with Crippen molar-refractivity contribution in [3.8, 4) is 11.8 Å². The molecule has 0 aliphatic heterocycles. The summed E-state index contributed by atoms with van der Waals surface area (Å²) in [5, 5.41) is 8.83. The maximum Gasteiger partial charge on any atom is 0.140 e. The number of pyridine rings is 1. The van der Waals surface area contributed by atoms with E-state index in [4.69, 9.17) is 15.7 Å². The van der Waals surface area contributed by atoms with Gasteiger partial charge in [-0.25, -0.2) is 4.98 Å². The van der Waals surface area contributed by atoms with Gasteiger partial charge in [0.2, 0.25) is 0 Å². The van der Waals surface area contributed by atoms with Crippen molar-refractivity contribution in [1.82, 2.24) is 4.98 Å². The molecule has 21 heavy (non-hydrogen) atoms. The molecule has 1 unspecified atom stereocenters. The number of rotatable bonds is 5. The van der Waals surface area contributed by atoms with Crippen LogP contribution in [0.2, 0.25) is 0 Å². The monoisotopic (exact) mass is 345 g/mol. The van der Waals surface area contributed by atoms with Crippen LogP contribution in [0.1, 0.15) is 23.7 Å². The smallest absolute Gasteiger partial charge is 0.140 e. The highest BCUT2D eigenvalue weighted by atomic mass is 79.9. The lowest BCUT2D eigenvalue weighted by atomic mass is 10.1. The molecule has 0 saturated heterocycles. The predicted octanol–water partition coefficient (Wildman–Crippen LogP) is 3.18. The van der Waals surface area contributed by atoms with Crippen LogP contribution in [0.25, 0.3) is 0 Å². The number of halogens is 1. The molecule has 1 heterocycles. The third-order valence-electron chi connectivity index (χ3n) is 2.90. The van der Waals surface area contributed by atoms with Crippen molar-refractivity contribution in [3.63, 3.8) is 0 Å². The lowest BCUT2D eigenvalue weighted by molar-refractivity contribution is 0.305. The third kappa shape index (κ3) is 4.55. The highest BCUT2D eigenvalue weighted by Crippen LogP contribution is 2.24. The Hall–Kier alpha value is -1.90. The molecule has 4 nitrogen and oxygen atoms in total. The van der Waals surface area contributed by atoms with E-state index in [0.717, 1.165) is 27.8 Å². The molecule has 0 amide bonds. The van der Waals surface area contributed by atoms with Gasteiger partial charge in [-0.15, -0.1) is 0 Å². The van der Waals surface area contributed by atoms with E-state index >= 15 is 0 Å². The number of hydrogen-bond acceptors (Lipinski definition) is 4. The summed E-state index contributed by atoms with van der Waals surface area (Å²) in [7, 11) is 0. The maximum absolute atomic E-state index is 8.83. The summed E-state index contributed by atoms with van der Waals surface area (Å²) in [6.45, 7) is 2.37. The van der Waals surface area contributed by atoms with E-state index in [1.54, 1.807) is 12.3 Å². The SMILES string of the molecule is CC(N)Cc1cc(OCc2ccnc(C#N)c2)ccc1Br. The molecule has 1 aromatic heterocycles. The van der Waals surface area contributed by atoms with Crippen molar-refractivity contribution in [2.24, 2.45) is 5.73 Å². The first kappa shape index (κ1) is 15.5. The van der Waals surface area contributed by atoms with Crippen LogP contribution in [-0.4, -0.2) is 11.0 Å². The molecular weight excluding hydrogens is 330 g/mol. The first-order valence-corrected chi connectivity index (χ1v) is 7.39. The van der Waals surface area contributed by atoms with Crippen molar-refractivity contribution in [2.45, 2.75) is 26.0 Å². The molecule has 0 fully saturated rings. The molecule has 108 valence electrons. The Kier molecular flexibility index (Phi) is 5.32. The van der Waals surface area contributed by atoms with Gasteiger partial charge < -0.3 is 10.5 Å². The van der Waals surface area contributed by atoms with E-state index in [1.807, 2.05) is 37.3 Å². The summed E-state index contributed by atoms with van der Waals surface area (Å²) in [6.07, 6.45) is 2.39. The van der Waals surface area contributed by atoms with E-state index in [9.17, 15) is 0 Å². The molecule has 0 spiro atoms. The zero-order chi connectivity index (χ0) is 15.2. The van der Waals surface area contributed by atoms with Gasteiger partial charge in [0.25, 0.3) is 0 Å². The third-order valence-corrected chi connectivity index (χ3v) is 3.68. The predicted molar refractivity (Wildman–Crippen MR) is 84.8 cm³/mol. The normalized spacial score (nSPS) is 11.7. The average molecular weight is 346 g/mol. The minimum atomic E-state index is 0.0925. The molecule has 2 rings (SSSR count). The second-order valence-electron chi connectivity index (χ2n) is 4.88. The van der Waals surface area contributed by atoms with Crippen molar-refractivity contribution >= 4 is 15.9 Å². The fourth-order valence-electron chi connectivity index (χ4n) is 1.94. The van der Waals surface area contributed by atoms with Crippen molar-refractivity contribution in [3.05, 3.63) is 57.8 Å². The average Bonchev–Trinajstić information content (AvgIpc) is 2.48. The highest BCUT2D eigenvalue weighted by Gasteiger charge is 2.06. The summed E-state index contributed by atoms with van der Waals surface area (Å²) in [4.78, 5) is 3.93. The summed E-state index contributed by atoms with van der Waals surface area (Å²) < 4.78 is 6.80. The van der Waals surface area contributed by atoms with Gasteiger partial charge in [0.1, 0.15) is 24.1 Å². The fraction of sp³-hybridized carbons (Fsp3) is 0.250. The first-order chi connectivity index (χ1) is 10.1. The Morgan fingerprint density at radius 2 is 2.19 bits per heavy atom. The lowest BCUT2D eigenvalue weighted by Crippen LogP contribution is -2.18. The Balaban J connectivity index is 2.07. The van der Waals surface area contributed by atoms with Crippen molar-refractivity contribution in [1.29, 1.82) is 5.26 Å². The first-order valence-electron chi connectivity index (χ1n) is 6.60. The minimum absolute atomic E-state index is 0.0925. The Labute approximate surface area is 132 Å². The quantitative estimate of drug-likeness (QED) is 0.903. The zero-order valence-corrected chi connectivity index (χ0v) is 13.3. The second kappa shape index (κ2) is 7.21. The molecule has 2 N–H and O–H groups in total. The van der Waals surface area contributed by atoms with Crippen molar-refractivity contribution in [2.75, 3.05) is 0 Å². The molecular formula is C16H16BrN3O. The molecule has 0 aliphatic rings. The number of hydrogen-bond donors (Lipinski definition) is 1. The molecule has 0 radical (unpaired) electrons. The van der Waals surface area contributed by atoms with Crippen LogP contribution in [-0.2, 0) is 13.0 Å². The zero-order valence-electron chi connectivity index (χ0n) is 11.7. The number of nitrogens with zero attached hydrogens (tertiary/aromatic N) is 2. The van der Waals surface area contributed by atoms with Gasteiger partial charge >= 0.3 is 0 Å². The van der Waals surface area contributed by atoms with Crippen LogP contribution in [0.3, 0.4) is 0 Å². The number of nitrogens with two attached hydrogens (primary N) is 1. The summed E-state index contributed by atoms with van der Waals surface area (Å²) in [5.74, 6) is 0.782. The summed E-state index contributed by atoms with van der Waals surface area (Å²) in [5.41, 5.74) is 8.27. The van der Waals surface area contributed by atoms with Gasteiger partial charge in [0, 0.05) is 16.7 Å². The van der Waals surface area contributed by atoms with Gasteiger partial charge in [0.15, 0.2) is 0 Å². The molecule has 0 saturated carbocycles. The summed E-state index contributed by atoms with van der Waals surface area (Å²) in [6, 6.07) is 11.5. The van der Waals surface area contributed by atoms with Crippen LogP contribution in [0.4, 0.5) is 0 Å². The van der Waals surface area contributed by atoms with Gasteiger partial charge in [-0.05, 0) is 54.8 Å². The number of nitriles is 1. The van der Waals surface area contributed by atoms with E-state index in [1.165, 1.54) is 0 Å². The Morgan fingerprint density at radius 3 is 2.90 bits per heavy atom. The Morgan fingerprint density at radius 1 is 1.38 bits per heavy atom. The molecule has 1 atom stereocenters. The van der Waals surface area contributed by atoms with E-state index in [-0.39, 0.29) is 6.04 Å². The molecule has 1 aromatic carbocycles. The minimum Gasteiger partial charge on any atom is -0.489 e. The van der Waals surface area contributed by atoms with Crippen LogP contribution >= 0.6 is 15.9 Å². The molecule has 2 aromatic rings. The lowest BCUT2D eigenvalue weighted by Gasteiger charge is -2.11. The van der Waals surface area contributed by atoms with Gasteiger partial charge in [0.05, 0.1) is 0 Å². The maximum atomic E-state index is 8.83. The van der Waals surface area contributed by atoms with Gasteiger partial charge in [-0.2, -0.15) is 5.26 Å². The molecule has 5 heteroatoms. The standard InChI is InChI=1S/C16H16BrN3O/c1-11(19)6-13-8-15(2-3-16(13)17)21-10-12-4-5-20-14(7-12)9-18/h2-5,7-8,11H,6,10,19H2,1H3. The Bertz CT molecular complexity index is 665. The van der Waals surface area contributed by atoms with Crippen LogP contribution < -0.4 is 10.5 Å². The molecule has 0 aliphatic carbocycles. The van der Waals surface area contributed by atoms with Crippen LogP contribution in [0.15, 0.2) is 41.0 Å². The van der Waals surface area contributed by atoms with Gasteiger partial charge in [-0.3, -0.25) is 0 Å².